The van der Waals surface area contributed by atoms with Crippen molar-refractivity contribution in [3.8, 4) is 0 Å². The lowest BCUT2D eigenvalue weighted by molar-refractivity contribution is -0.122. The molecule has 0 aromatic heterocycles. The molecule has 0 radical (unpaired) electrons. The van der Waals surface area contributed by atoms with Gasteiger partial charge in [0, 0.05) is 18.8 Å². The maximum Gasteiger partial charge on any atom is 0.244 e. The van der Waals surface area contributed by atoms with Crippen LogP contribution in [0.4, 0.5) is 5.69 Å². The molecule has 2 heterocycles. The molecule has 1 amide bonds. The average molecular weight is 246 g/mol. The fourth-order valence-corrected chi connectivity index (χ4v) is 3.05. The van der Waals surface area contributed by atoms with E-state index >= 15 is 0 Å². The average Bonchev–Trinajstić information content (AvgIpc) is 2.80. The first-order chi connectivity index (χ1) is 8.81. The highest BCUT2D eigenvalue weighted by Gasteiger charge is 2.37. The number of aliphatic hydroxyl groups excluding tert-OH is 1. The van der Waals surface area contributed by atoms with Crippen molar-refractivity contribution in [1.82, 2.24) is 4.90 Å². The van der Waals surface area contributed by atoms with Gasteiger partial charge in [-0.05, 0) is 31.0 Å². The second kappa shape index (κ2) is 4.71. The molecule has 96 valence electrons. The monoisotopic (exact) mass is 246 g/mol. The van der Waals surface area contributed by atoms with Crippen molar-refractivity contribution in [2.24, 2.45) is 0 Å². The van der Waals surface area contributed by atoms with Crippen molar-refractivity contribution in [2.45, 2.75) is 25.4 Å². The van der Waals surface area contributed by atoms with Crippen LogP contribution in [0.3, 0.4) is 0 Å². The molecule has 18 heavy (non-hydrogen) atoms. The zero-order valence-corrected chi connectivity index (χ0v) is 10.4. The molecular weight excluding hydrogens is 228 g/mol. The van der Waals surface area contributed by atoms with Crippen LogP contribution in [0.15, 0.2) is 24.3 Å². The van der Waals surface area contributed by atoms with E-state index in [1.165, 1.54) is 5.56 Å². The summed E-state index contributed by atoms with van der Waals surface area (Å²) in [5.41, 5.74) is 2.15. The number of hydrogen-bond acceptors (Lipinski definition) is 3. The Hall–Kier alpha value is -1.39. The van der Waals surface area contributed by atoms with Crippen molar-refractivity contribution in [3.05, 3.63) is 29.8 Å². The van der Waals surface area contributed by atoms with Crippen LogP contribution in [0, 0.1) is 0 Å². The summed E-state index contributed by atoms with van der Waals surface area (Å²) in [5, 5.41) is 9.19. The van der Waals surface area contributed by atoms with Crippen LogP contribution in [0.5, 0.6) is 0 Å². The SMILES string of the molecule is O=C1C2CCCN2Cc2ccccc2N1CCO. The largest absolute Gasteiger partial charge is 0.395 e. The third-order valence-electron chi connectivity index (χ3n) is 3.89. The molecule has 0 bridgehead atoms. The molecule has 0 saturated carbocycles. The Morgan fingerprint density at radius 2 is 2.17 bits per heavy atom. The van der Waals surface area contributed by atoms with Crippen molar-refractivity contribution in [2.75, 3.05) is 24.6 Å². The zero-order valence-electron chi connectivity index (χ0n) is 10.4. The fraction of sp³-hybridized carbons (Fsp3) is 0.500. The van der Waals surface area contributed by atoms with Gasteiger partial charge in [-0.25, -0.2) is 0 Å². The summed E-state index contributed by atoms with van der Waals surface area (Å²) in [7, 11) is 0. The number of carbonyl (C=O) groups excluding carboxylic acids is 1. The topological polar surface area (TPSA) is 43.8 Å². The van der Waals surface area contributed by atoms with Crippen molar-refractivity contribution in [1.29, 1.82) is 0 Å². The number of anilines is 1. The Labute approximate surface area is 107 Å². The van der Waals surface area contributed by atoms with E-state index in [1.807, 2.05) is 18.2 Å². The van der Waals surface area contributed by atoms with Gasteiger partial charge in [0.15, 0.2) is 0 Å². The lowest BCUT2D eigenvalue weighted by Crippen LogP contribution is -2.44. The summed E-state index contributed by atoms with van der Waals surface area (Å²) in [5.74, 6) is 0.145. The summed E-state index contributed by atoms with van der Waals surface area (Å²) in [6.45, 7) is 2.24. The predicted octanol–water partition coefficient (Wildman–Crippen LogP) is 0.990. The molecule has 1 atom stereocenters. The van der Waals surface area contributed by atoms with Crippen LogP contribution in [-0.2, 0) is 11.3 Å². The first kappa shape index (κ1) is 11.7. The van der Waals surface area contributed by atoms with Gasteiger partial charge in [-0.1, -0.05) is 18.2 Å². The molecule has 1 fully saturated rings. The molecule has 0 aliphatic carbocycles. The highest BCUT2D eigenvalue weighted by molar-refractivity contribution is 5.98. The van der Waals surface area contributed by atoms with E-state index in [-0.39, 0.29) is 18.6 Å². The van der Waals surface area contributed by atoms with E-state index in [4.69, 9.17) is 0 Å². The second-order valence-electron chi connectivity index (χ2n) is 4.97. The van der Waals surface area contributed by atoms with E-state index < -0.39 is 0 Å². The Morgan fingerprint density at radius 1 is 1.33 bits per heavy atom. The normalized spacial score (nSPS) is 23.7. The fourth-order valence-electron chi connectivity index (χ4n) is 3.05. The standard InChI is InChI=1S/C14H18N2O2/c17-9-8-16-12-5-2-1-4-11(12)10-15-7-3-6-13(15)14(16)18/h1-2,4-5,13,17H,3,6-10H2. The van der Waals surface area contributed by atoms with Crippen molar-refractivity contribution < 1.29 is 9.90 Å². The Bertz CT molecular complexity index is 461. The van der Waals surface area contributed by atoms with Gasteiger partial charge in [-0.15, -0.1) is 0 Å². The van der Waals surface area contributed by atoms with Gasteiger partial charge >= 0.3 is 0 Å². The molecule has 3 rings (SSSR count). The molecule has 1 saturated heterocycles. The summed E-state index contributed by atoms with van der Waals surface area (Å²) < 4.78 is 0. The molecule has 4 nitrogen and oxygen atoms in total. The third kappa shape index (κ3) is 1.82. The number of nitrogens with zero attached hydrogens (tertiary/aromatic N) is 2. The molecule has 4 heteroatoms. The minimum Gasteiger partial charge on any atom is -0.395 e. The molecule has 2 aliphatic heterocycles. The summed E-state index contributed by atoms with van der Waals surface area (Å²) in [4.78, 5) is 16.6. The van der Waals surface area contributed by atoms with E-state index in [0.29, 0.717) is 6.54 Å². The number of aliphatic hydroxyl groups is 1. The first-order valence-electron chi connectivity index (χ1n) is 6.55. The van der Waals surface area contributed by atoms with Crippen LogP contribution in [0.25, 0.3) is 0 Å². The molecule has 1 N–H and O–H groups in total. The Morgan fingerprint density at radius 3 is 3.00 bits per heavy atom. The van der Waals surface area contributed by atoms with E-state index in [2.05, 4.69) is 11.0 Å². The number of para-hydroxylation sites is 1. The van der Waals surface area contributed by atoms with E-state index in [0.717, 1.165) is 31.6 Å². The Balaban J connectivity index is 2.03. The molecule has 1 unspecified atom stereocenters. The number of hydrogen-bond donors (Lipinski definition) is 1. The third-order valence-corrected chi connectivity index (χ3v) is 3.89. The number of β-amino-alcohol motifs (C(OH)–C–C–N with tert-alkyl or cyclic N) is 1. The number of benzene rings is 1. The van der Waals surface area contributed by atoms with Gasteiger partial charge in [0.2, 0.25) is 5.91 Å². The predicted molar refractivity (Wildman–Crippen MR) is 69.3 cm³/mol. The van der Waals surface area contributed by atoms with Gasteiger partial charge in [0.25, 0.3) is 0 Å². The highest BCUT2D eigenvalue weighted by atomic mass is 16.3. The van der Waals surface area contributed by atoms with Gasteiger partial charge in [-0.2, -0.15) is 0 Å². The lowest BCUT2D eigenvalue weighted by Gasteiger charge is -2.25. The zero-order chi connectivity index (χ0) is 12.5. The van der Waals surface area contributed by atoms with Crippen LogP contribution in [0.2, 0.25) is 0 Å². The number of carbonyl (C=O) groups is 1. The van der Waals surface area contributed by atoms with Crippen molar-refractivity contribution >= 4 is 11.6 Å². The maximum atomic E-state index is 12.6. The van der Waals surface area contributed by atoms with Gasteiger partial charge in [0.05, 0.1) is 12.6 Å². The summed E-state index contributed by atoms with van der Waals surface area (Å²) in [6.07, 6.45) is 2.03. The molecule has 0 spiro atoms. The number of fused-ring (bicyclic) bond motifs is 2. The second-order valence-corrected chi connectivity index (χ2v) is 4.97. The van der Waals surface area contributed by atoms with Crippen LogP contribution in [-0.4, -0.2) is 41.7 Å². The summed E-state index contributed by atoms with van der Waals surface area (Å²) >= 11 is 0. The van der Waals surface area contributed by atoms with Crippen LogP contribution >= 0.6 is 0 Å². The Kier molecular flexibility index (Phi) is 3.06. The molecule has 1 aromatic rings. The van der Waals surface area contributed by atoms with Crippen LogP contribution in [0.1, 0.15) is 18.4 Å². The first-order valence-corrected chi connectivity index (χ1v) is 6.55. The summed E-state index contributed by atoms with van der Waals surface area (Å²) in [6, 6.07) is 8.02. The smallest absolute Gasteiger partial charge is 0.244 e. The van der Waals surface area contributed by atoms with Gasteiger partial charge in [0.1, 0.15) is 0 Å². The lowest BCUT2D eigenvalue weighted by atomic mass is 10.1. The van der Waals surface area contributed by atoms with Gasteiger partial charge in [-0.3, -0.25) is 9.69 Å². The maximum absolute atomic E-state index is 12.6. The van der Waals surface area contributed by atoms with E-state index in [9.17, 15) is 9.90 Å². The number of rotatable bonds is 2. The van der Waals surface area contributed by atoms with E-state index in [1.54, 1.807) is 4.90 Å². The highest BCUT2D eigenvalue weighted by Crippen LogP contribution is 2.31. The minimum atomic E-state index is 0.00366. The van der Waals surface area contributed by atoms with Crippen LogP contribution < -0.4 is 4.90 Å². The van der Waals surface area contributed by atoms with Crippen molar-refractivity contribution in [3.63, 3.8) is 0 Å². The van der Waals surface area contributed by atoms with Gasteiger partial charge < -0.3 is 10.0 Å². The molecule has 2 aliphatic rings. The minimum absolute atomic E-state index is 0.00366. The quantitative estimate of drug-likeness (QED) is 0.846. The number of amides is 1. The molecule has 1 aromatic carbocycles. The molecular formula is C14H18N2O2.